The van der Waals surface area contributed by atoms with E-state index in [-0.39, 0.29) is 6.61 Å². The number of nitrogens with one attached hydrogen (secondary N) is 4. The van der Waals surface area contributed by atoms with Crippen molar-refractivity contribution < 1.29 is 47.7 Å². The third-order valence-electron chi connectivity index (χ3n) is 5.88. The van der Waals surface area contributed by atoms with Crippen LogP contribution in [0, 0.1) is 0 Å². The monoisotopic (exact) mass is 590 g/mol. The maximum absolute atomic E-state index is 13.2. The van der Waals surface area contributed by atoms with Gasteiger partial charge in [0.15, 0.2) is 18.4 Å². The quantitative estimate of drug-likeness (QED) is 0.168. The largest absolute Gasteiger partial charge is 0.491 e. The molecule has 1 fully saturated rings. The second kappa shape index (κ2) is 16.7. The Labute approximate surface area is 243 Å². The van der Waals surface area contributed by atoms with Crippen LogP contribution in [0.5, 0.6) is 5.75 Å². The lowest BCUT2D eigenvalue weighted by atomic mass is 9.94. The molecule has 4 amide bonds. The molecule has 2 rings (SSSR count). The highest BCUT2D eigenvalue weighted by atomic mass is 16.6. The minimum absolute atomic E-state index is 0.198. The highest BCUT2D eigenvalue weighted by Gasteiger charge is 2.51. The zero-order valence-electron chi connectivity index (χ0n) is 24.0. The number of hydrogen-bond donors (Lipinski definition) is 4. The fourth-order valence-electron chi connectivity index (χ4n) is 4.17. The molecule has 1 aromatic rings. The summed E-state index contributed by atoms with van der Waals surface area (Å²) in [5, 5.41) is 10.2. The average molecular weight is 591 g/mol. The Morgan fingerprint density at radius 1 is 0.976 bits per heavy atom. The lowest BCUT2D eigenvalue weighted by Gasteiger charge is -2.45. The van der Waals surface area contributed by atoms with Crippen molar-refractivity contribution in [3.05, 3.63) is 43.0 Å². The van der Waals surface area contributed by atoms with Crippen molar-refractivity contribution in [1.29, 1.82) is 0 Å². The van der Waals surface area contributed by atoms with Crippen LogP contribution in [0.25, 0.3) is 0 Å². The van der Waals surface area contributed by atoms with Gasteiger partial charge in [0.1, 0.15) is 30.5 Å². The SMILES string of the molecule is C=CC(=O)N[C@@H](CC(=O)N[C@@H]1O[C@H](COc2ccccc2)[C@@H](OC(C)=O)[C@H](OC(C)=O)[C@H]1NC(C)=O)C(=O)NCCC. The molecule has 6 atom stereocenters. The number of benzene rings is 1. The van der Waals surface area contributed by atoms with E-state index in [1.807, 2.05) is 6.92 Å². The molecule has 0 radical (unpaired) electrons. The number of amides is 4. The molecule has 0 aromatic heterocycles. The summed E-state index contributed by atoms with van der Waals surface area (Å²) in [6.07, 6.45) is -3.87. The Balaban J connectivity index is 2.38. The van der Waals surface area contributed by atoms with Crippen LogP contribution in [0.4, 0.5) is 0 Å². The number of ether oxygens (including phenoxy) is 4. The molecule has 1 aromatic carbocycles. The van der Waals surface area contributed by atoms with Crippen molar-refractivity contribution in [3.63, 3.8) is 0 Å². The molecule has 1 saturated heterocycles. The second-order valence-corrected chi connectivity index (χ2v) is 9.42. The van der Waals surface area contributed by atoms with E-state index in [1.165, 1.54) is 6.92 Å². The fourth-order valence-corrected chi connectivity index (χ4v) is 4.17. The first-order valence-corrected chi connectivity index (χ1v) is 13.4. The van der Waals surface area contributed by atoms with Gasteiger partial charge in [0.2, 0.25) is 23.6 Å². The molecule has 0 bridgehead atoms. The number of esters is 2. The third kappa shape index (κ3) is 10.8. The van der Waals surface area contributed by atoms with E-state index in [0.29, 0.717) is 18.7 Å². The van der Waals surface area contributed by atoms with Crippen molar-refractivity contribution in [2.45, 2.75) is 77.2 Å². The predicted molar refractivity (Wildman–Crippen MR) is 147 cm³/mol. The van der Waals surface area contributed by atoms with Gasteiger partial charge in [-0.2, -0.15) is 0 Å². The first-order chi connectivity index (χ1) is 19.9. The first-order valence-electron chi connectivity index (χ1n) is 13.4. The van der Waals surface area contributed by atoms with Gasteiger partial charge in [-0.05, 0) is 24.6 Å². The molecular weight excluding hydrogens is 552 g/mol. The summed E-state index contributed by atoms with van der Waals surface area (Å²) in [6, 6.07) is 6.19. The molecule has 14 nitrogen and oxygen atoms in total. The molecule has 1 aliphatic heterocycles. The standard InChI is InChI=1S/C28H38N4O10/c1-6-13-29-27(38)20(31-22(36)7-2)14-23(37)32-28-24(30-16(3)33)26(41-18(5)35)25(40-17(4)34)21(42-28)15-39-19-11-9-8-10-12-19/h7-12,20-21,24-26,28H,2,6,13-15H2,1,3-5H3,(H,29,38)(H,30,33)(H,31,36)(H,32,37)/t20-,21+,24+,25+,26+,28+/m0/s1. The zero-order valence-corrected chi connectivity index (χ0v) is 24.0. The highest BCUT2D eigenvalue weighted by Crippen LogP contribution is 2.27. The summed E-state index contributed by atoms with van der Waals surface area (Å²) in [5.41, 5.74) is 0. The molecular formula is C28H38N4O10. The van der Waals surface area contributed by atoms with Crippen LogP contribution in [-0.4, -0.2) is 85.3 Å². The van der Waals surface area contributed by atoms with Crippen LogP contribution in [0.3, 0.4) is 0 Å². The van der Waals surface area contributed by atoms with Gasteiger partial charge < -0.3 is 40.2 Å². The van der Waals surface area contributed by atoms with Gasteiger partial charge in [-0.3, -0.25) is 28.8 Å². The van der Waals surface area contributed by atoms with Gasteiger partial charge in [0.25, 0.3) is 0 Å². The molecule has 0 aliphatic carbocycles. The van der Waals surface area contributed by atoms with Crippen molar-refractivity contribution in [3.8, 4) is 5.75 Å². The van der Waals surface area contributed by atoms with E-state index in [1.54, 1.807) is 30.3 Å². The summed E-state index contributed by atoms with van der Waals surface area (Å²) >= 11 is 0. The molecule has 14 heteroatoms. The van der Waals surface area contributed by atoms with E-state index in [2.05, 4.69) is 27.8 Å². The smallest absolute Gasteiger partial charge is 0.303 e. The Morgan fingerprint density at radius 2 is 1.62 bits per heavy atom. The average Bonchev–Trinajstić information content (AvgIpc) is 2.93. The topological polar surface area (TPSA) is 187 Å². The fraction of sp³-hybridized carbons (Fsp3) is 0.500. The third-order valence-corrected chi connectivity index (χ3v) is 5.88. The second-order valence-electron chi connectivity index (χ2n) is 9.42. The molecule has 230 valence electrons. The van der Waals surface area contributed by atoms with Crippen molar-refractivity contribution in [1.82, 2.24) is 21.3 Å². The van der Waals surface area contributed by atoms with Gasteiger partial charge in [-0.25, -0.2) is 0 Å². The predicted octanol–water partition coefficient (Wildman–Crippen LogP) is -0.138. The van der Waals surface area contributed by atoms with Gasteiger partial charge in [0, 0.05) is 27.3 Å². The molecule has 42 heavy (non-hydrogen) atoms. The van der Waals surface area contributed by atoms with E-state index < -0.39 is 78.6 Å². The van der Waals surface area contributed by atoms with Crippen LogP contribution in [0.1, 0.15) is 40.5 Å². The van der Waals surface area contributed by atoms with Gasteiger partial charge in [-0.1, -0.05) is 31.7 Å². The minimum atomic E-state index is -1.34. The Kier molecular flexibility index (Phi) is 13.4. The summed E-state index contributed by atoms with van der Waals surface area (Å²) in [6.45, 7) is 8.82. The van der Waals surface area contributed by atoms with Crippen LogP contribution in [-0.2, 0) is 43.0 Å². The number of carbonyl (C=O) groups excluding carboxylic acids is 6. The summed E-state index contributed by atoms with van der Waals surface area (Å²) < 4.78 is 22.8. The molecule has 0 saturated carbocycles. The van der Waals surface area contributed by atoms with Gasteiger partial charge in [-0.15, -0.1) is 0 Å². The maximum atomic E-state index is 13.2. The molecule has 0 unspecified atom stereocenters. The number of para-hydroxylation sites is 1. The summed E-state index contributed by atoms with van der Waals surface area (Å²) in [4.78, 5) is 74.0. The van der Waals surface area contributed by atoms with E-state index in [0.717, 1.165) is 19.9 Å². The molecule has 0 spiro atoms. The van der Waals surface area contributed by atoms with Crippen molar-refractivity contribution in [2.75, 3.05) is 13.2 Å². The molecule has 4 N–H and O–H groups in total. The van der Waals surface area contributed by atoms with E-state index in [4.69, 9.17) is 18.9 Å². The lowest BCUT2D eigenvalue weighted by molar-refractivity contribution is -0.224. The first kappa shape index (κ1) is 33.7. The van der Waals surface area contributed by atoms with E-state index >= 15 is 0 Å². The van der Waals surface area contributed by atoms with Gasteiger partial charge >= 0.3 is 11.9 Å². The zero-order chi connectivity index (χ0) is 31.2. The maximum Gasteiger partial charge on any atom is 0.303 e. The van der Waals surface area contributed by atoms with Crippen LogP contribution >= 0.6 is 0 Å². The Morgan fingerprint density at radius 3 is 2.19 bits per heavy atom. The van der Waals surface area contributed by atoms with E-state index in [9.17, 15) is 28.8 Å². The minimum Gasteiger partial charge on any atom is -0.491 e. The van der Waals surface area contributed by atoms with Crippen molar-refractivity contribution in [2.24, 2.45) is 0 Å². The summed E-state index contributed by atoms with van der Waals surface area (Å²) in [5.74, 6) is -3.55. The van der Waals surface area contributed by atoms with Crippen LogP contribution < -0.4 is 26.0 Å². The Hall–Kier alpha value is -4.46. The number of rotatable bonds is 14. The molecule has 1 heterocycles. The lowest BCUT2D eigenvalue weighted by Crippen LogP contribution is -2.69. The summed E-state index contributed by atoms with van der Waals surface area (Å²) in [7, 11) is 0. The molecule has 1 aliphatic rings. The van der Waals surface area contributed by atoms with Gasteiger partial charge in [0.05, 0.1) is 6.42 Å². The normalized spacial score (nSPS) is 22.0. The number of hydrogen-bond acceptors (Lipinski definition) is 10. The van der Waals surface area contributed by atoms with Crippen LogP contribution in [0.2, 0.25) is 0 Å². The van der Waals surface area contributed by atoms with Crippen LogP contribution in [0.15, 0.2) is 43.0 Å². The Bertz CT molecular complexity index is 1130. The van der Waals surface area contributed by atoms with Crippen molar-refractivity contribution >= 4 is 35.6 Å². The number of carbonyl (C=O) groups is 6. The highest BCUT2D eigenvalue weighted by molar-refractivity contribution is 5.95.